The van der Waals surface area contributed by atoms with E-state index in [1.54, 1.807) is 17.3 Å². The van der Waals surface area contributed by atoms with Crippen LogP contribution in [0.4, 0.5) is 5.69 Å². The molecule has 0 aliphatic carbocycles. The summed E-state index contributed by atoms with van der Waals surface area (Å²) in [5.41, 5.74) is 2.61. The number of carbonyl (C=O) groups is 1. The summed E-state index contributed by atoms with van der Waals surface area (Å²) >= 11 is 0. The Morgan fingerprint density at radius 2 is 1.94 bits per heavy atom. The molecule has 0 fully saturated rings. The number of aliphatic hydroxyl groups excluding tert-OH is 1. The Balaban J connectivity index is 1.94. The first kappa shape index (κ1) is 23.0. The standard InChI is InChI=1S/C24H34N4O3/c1-17-13-28(18(2)16-29)24(30)20-7-6-8-21(26(3)4)23(20)31-22(17)15-27(5)14-19-9-11-25-12-10-19/h6-12,17-18,22,29H,13-16H2,1-5H3/t17-,18-,22-/m1/s1. The monoisotopic (exact) mass is 426 g/mol. The molecule has 0 bridgehead atoms. The molecule has 1 amide bonds. The number of hydrogen-bond acceptors (Lipinski definition) is 6. The van der Waals surface area contributed by atoms with Crippen molar-refractivity contribution in [3.05, 3.63) is 53.9 Å². The third-order valence-corrected chi connectivity index (χ3v) is 5.85. The van der Waals surface area contributed by atoms with E-state index in [1.165, 1.54) is 5.56 Å². The van der Waals surface area contributed by atoms with Crippen LogP contribution >= 0.6 is 0 Å². The van der Waals surface area contributed by atoms with Crippen LogP contribution in [0, 0.1) is 5.92 Å². The van der Waals surface area contributed by atoms with Crippen molar-refractivity contribution in [2.45, 2.75) is 32.5 Å². The van der Waals surface area contributed by atoms with Crippen LogP contribution in [-0.4, -0.2) is 78.8 Å². The predicted octanol–water partition coefficient (Wildman–Crippen LogP) is 2.50. The van der Waals surface area contributed by atoms with Crippen molar-refractivity contribution < 1.29 is 14.6 Å². The van der Waals surface area contributed by atoms with Crippen molar-refractivity contribution in [1.82, 2.24) is 14.8 Å². The number of aromatic nitrogens is 1. The van der Waals surface area contributed by atoms with Crippen molar-refractivity contribution in [3.8, 4) is 5.75 Å². The Kier molecular flexibility index (Phi) is 7.51. The van der Waals surface area contributed by atoms with E-state index in [-0.39, 0.29) is 30.6 Å². The zero-order valence-corrected chi connectivity index (χ0v) is 19.2. The maximum atomic E-state index is 13.4. The molecular weight excluding hydrogens is 392 g/mol. The number of hydrogen-bond donors (Lipinski definition) is 1. The molecule has 7 nitrogen and oxygen atoms in total. The normalized spacial score (nSPS) is 20.0. The van der Waals surface area contributed by atoms with Crippen molar-refractivity contribution in [2.75, 3.05) is 45.7 Å². The highest BCUT2D eigenvalue weighted by molar-refractivity contribution is 5.99. The number of fused-ring (bicyclic) bond motifs is 1. The van der Waals surface area contributed by atoms with Crippen molar-refractivity contribution in [2.24, 2.45) is 5.92 Å². The van der Waals surface area contributed by atoms with E-state index in [0.29, 0.717) is 24.4 Å². The number of pyridine rings is 1. The number of aliphatic hydroxyl groups is 1. The van der Waals surface area contributed by atoms with Gasteiger partial charge in [-0.1, -0.05) is 13.0 Å². The van der Waals surface area contributed by atoms with Gasteiger partial charge in [-0.05, 0) is 43.8 Å². The lowest BCUT2D eigenvalue weighted by Crippen LogP contribution is -2.49. The third-order valence-electron chi connectivity index (χ3n) is 5.85. The lowest BCUT2D eigenvalue weighted by Gasteiger charge is -2.39. The summed E-state index contributed by atoms with van der Waals surface area (Å²) in [5, 5.41) is 9.77. The lowest BCUT2D eigenvalue weighted by molar-refractivity contribution is 0.0343. The SMILES string of the molecule is C[C@@H]1CN([C@H](C)CO)C(=O)c2cccc(N(C)C)c2O[C@@H]1CN(C)Cc1ccncc1. The summed E-state index contributed by atoms with van der Waals surface area (Å²) in [5.74, 6) is 0.596. The molecule has 0 unspecified atom stereocenters. The summed E-state index contributed by atoms with van der Waals surface area (Å²) in [6, 6.07) is 9.43. The number of rotatable bonds is 7. The fourth-order valence-corrected chi connectivity index (χ4v) is 3.97. The van der Waals surface area contributed by atoms with Gasteiger partial charge in [0.15, 0.2) is 5.75 Å². The van der Waals surface area contributed by atoms with E-state index >= 15 is 0 Å². The van der Waals surface area contributed by atoms with Crippen LogP contribution in [-0.2, 0) is 6.54 Å². The summed E-state index contributed by atoms with van der Waals surface area (Å²) in [7, 11) is 5.97. The molecule has 7 heteroatoms. The number of benzene rings is 1. The van der Waals surface area contributed by atoms with Crippen LogP contribution in [0.1, 0.15) is 29.8 Å². The van der Waals surface area contributed by atoms with Crippen LogP contribution in [0.15, 0.2) is 42.7 Å². The van der Waals surface area contributed by atoms with Crippen LogP contribution in [0.2, 0.25) is 0 Å². The first-order valence-electron chi connectivity index (χ1n) is 10.8. The third kappa shape index (κ3) is 5.35. The maximum Gasteiger partial charge on any atom is 0.258 e. The van der Waals surface area contributed by atoms with E-state index in [9.17, 15) is 9.90 Å². The number of likely N-dealkylation sites (N-methyl/N-ethyl adjacent to an activating group) is 1. The molecular formula is C24H34N4O3. The second-order valence-corrected chi connectivity index (χ2v) is 8.72. The van der Waals surface area contributed by atoms with Gasteiger partial charge in [0.2, 0.25) is 0 Å². The molecule has 0 spiro atoms. The molecule has 1 aliphatic heterocycles. The topological polar surface area (TPSA) is 69.1 Å². The largest absolute Gasteiger partial charge is 0.486 e. The van der Waals surface area contributed by atoms with Crippen molar-refractivity contribution in [1.29, 1.82) is 0 Å². The first-order valence-corrected chi connectivity index (χ1v) is 10.8. The Hall–Kier alpha value is -2.64. The van der Waals surface area contributed by atoms with Gasteiger partial charge in [0.05, 0.1) is 23.9 Å². The molecule has 168 valence electrons. The molecule has 1 aromatic carbocycles. The fraction of sp³-hybridized carbons (Fsp3) is 0.500. The van der Waals surface area contributed by atoms with E-state index in [1.807, 2.05) is 56.3 Å². The molecule has 31 heavy (non-hydrogen) atoms. The number of para-hydroxylation sites is 1. The highest BCUT2D eigenvalue weighted by atomic mass is 16.5. The Morgan fingerprint density at radius 3 is 2.58 bits per heavy atom. The summed E-state index contributed by atoms with van der Waals surface area (Å²) in [6.45, 7) is 5.94. The van der Waals surface area contributed by atoms with Crippen LogP contribution in [0.25, 0.3) is 0 Å². The van der Waals surface area contributed by atoms with E-state index in [2.05, 4.69) is 23.9 Å². The van der Waals surface area contributed by atoms with Gasteiger partial charge in [0, 0.05) is 52.0 Å². The number of anilines is 1. The minimum absolute atomic E-state index is 0.0748. The van der Waals surface area contributed by atoms with Gasteiger partial charge in [0.25, 0.3) is 5.91 Å². The molecule has 3 atom stereocenters. The highest BCUT2D eigenvalue weighted by Crippen LogP contribution is 2.36. The molecule has 0 saturated heterocycles. The van der Waals surface area contributed by atoms with Crippen LogP contribution in [0.5, 0.6) is 5.75 Å². The van der Waals surface area contributed by atoms with E-state index < -0.39 is 0 Å². The van der Waals surface area contributed by atoms with Gasteiger partial charge in [-0.25, -0.2) is 0 Å². The van der Waals surface area contributed by atoms with Gasteiger partial charge in [-0.3, -0.25) is 14.7 Å². The van der Waals surface area contributed by atoms with E-state index in [0.717, 1.165) is 12.2 Å². The average molecular weight is 427 g/mol. The minimum atomic E-state index is -0.265. The second kappa shape index (κ2) is 10.1. The van der Waals surface area contributed by atoms with Gasteiger partial charge >= 0.3 is 0 Å². The lowest BCUT2D eigenvalue weighted by atomic mass is 9.98. The van der Waals surface area contributed by atoms with Gasteiger partial charge in [-0.15, -0.1) is 0 Å². The molecule has 1 aliphatic rings. The van der Waals surface area contributed by atoms with Gasteiger partial charge < -0.3 is 19.6 Å². The highest BCUT2D eigenvalue weighted by Gasteiger charge is 2.34. The number of carbonyl (C=O) groups excluding carboxylic acids is 1. The number of ether oxygens (including phenoxy) is 1. The number of amides is 1. The summed E-state index contributed by atoms with van der Waals surface area (Å²) in [4.78, 5) is 23.5. The quantitative estimate of drug-likeness (QED) is 0.734. The summed E-state index contributed by atoms with van der Waals surface area (Å²) in [6.07, 6.45) is 3.49. The molecule has 0 radical (unpaired) electrons. The minimum Gasteiger partial charge on any atom is -0.486 e. The van der Waals surface area contributed by atoms with Gasteiger partial charge in [-0.2, -0.15) is 0 Å². The maximum absolute atomic E-state index is 13.4. The predicted molar refractivity (Wildman–Crippen MR) is 123 cm³/mol. The van der Waals surface area contributed by atoms with Crippen molar-refractivity contribution in [3.63, 3.8) is 0 Å². The van der Waals surface area contributed by atoms with Crippen LogP contribution < -0.4 is 9.64 Å². The molecule has 1 aromatic heterocycles. The Labute approximate surface area is 185 Å². The second-order valence-electron chi connectivity index (χ2n) is 8.72. The summed E-state index contributed by atoms with van der Waals surface area (Å²) < 4.78 is 6.58. The van der Waals surface area contributed by atoms with E-state index in [4.69, 9.17) is 4.74 Å². The zero-order valence-electron chi connectivity index (χ0n) is 19.2. The average Bonchev–Trinajstić information content (AvgIpc) is 2.75. The van der Waals surface area contributed by atoms with Crippen LogP contribution in [0.3, 0.4) is 0 Å². The zero-order chi connectivity index (χ0) is 22.5. The molecule has 3 rings (SSSR count). The van der Waals surface area contributed by atoms with Gasteiger partial charge in [0.1, 0.15) is 6.10 Å². The number of nitrogens with zero attached hydrogens (tertiary/aromatic N) is 4. The smallest absolute Gasteiger partial charge is 0.258 e. The Morgan fingerprint density at radius 1 is 1.23 bits per heavy atom. The molecule has 2 aromatic rings. The Bertz CT molecular complexity index is 874. The van der Waals surface area contributed by atoms with Crippen molar-refractivity contribution >= 4 is 11.6 Å². The fourth-order valence-electron chi connectivity index (χ4n) is 3.97. The molecule has 2 heterocycles. The molecule has 0 saturated carbocycles. The molecule has 1 N–H and O–H groups in total. The first-order chi connectivity index (χ1) is 14.8.